The van der Waals surface area contributed by atoms with E-state index in [1.807, 2.05) is 0 Å². The maximum absolute atomic E-state index is 12.6. The lowest BCUT2D eigenvalue weighted by molar-refractivity contribution is 0.403. The van der Waals surface area contributed by atoms with E-state index in [1.54, 1.807) is 55.7 Å². The third-order valence-electron chi connectivity index (χ3n) is 3.69. The topological polar surface area (TPSA) is 77.4 Å². The summed E-state index contributed by atoms with van der Waals surface area (Å²) >= 11 is 0. The maximum Gasteiger partial charge on any atom is 0.265 e. The number of benzene rings is 2. The van der Waals surface area contributed by atoms with E-state index in [0.717, 1.165) is 0 Å². The van der Waals surface area contributed by atoms with Gasteiger partial charge in [0.25, 0.3) is 15.6 Å². The average molecular weight is 344 g/mol. The minimum Gasteiger partial charge on any atom is -0.495 e. The number of pyridine rings is 1. The number of hydrogen-bond donors (Lipinski definition) is 1. The fourth-order valence-electron chi connectivity index (χ4n) is 2.46. The van der Waals surface area contributed by atoms with Crippen molar-refractivity contribution < 1.29 is 13.2 Å². The van der Waals surface area contributed by atoms with Crippen molar-refractivity contribution in [3.8, 4) is 5.75 Å². The molecule has 3 aromatic rings. The zero-order chi connectivity index (χ0) is 17.3. The summed E-state index contributed by atoms with van der Waals surface area (Å²) in [7, 11) is -0.718. The standard InChI is InChI=1S/C17H16N2O4S/c1-19-10-9-12-11-13(7-8-14(12)17(19)20)18-24(21,22)16-6-4-3-5-15(16)23-2/h3-11,18H,1-2H3. The van der Waals surface area contributed by atoms with Crippen LogP contribution in [0.3, 0.4) is 0 Å². The summed E-state index contributed by atoms with van der Waals surface area (Å²) in [6, 6.07) is 12.9. The van der Waals surface area contributed by atoms with Crippen LogP contribution in [0.15, 0.2) is 64.4 Å². The molecule has 0 saturated carbocycles. The molecule has 0 aliphatic heterocycles. The molecular formula is C17H16N2O4S. The number of fused-ring (bicyclic) bond motifs is 1. The number of sulfonamides is 1. The number of anilines is 1. The highest BCUT2D eigenvalue weighted by Crippen LogP contribution is 2.26. The number of methoxy groups -OCH3 is 1. The van der Waals surface area contributed by atoms with Gasteiger partial charge < -0.3 is 9.30 Å². The summed E-state index contributed by atoms with van der Waals surface area (Å²) in [6.45, 7) is 0. The van der Waals surface area contributed by atoms with Gasteiger partial charge in [0.05, 0.1) is 7.11 Å². The molecule has 0 fully saturated rings. The van der Waals surface area contributed by atoms with Crippen molar-refractivity contribution in [3.05, 3.63) is 65.1 Å². The molecule has 0 radical (unpaired) electrons. The summed E-state index contributed by atoms with van der Waals surface area (Å²) in [4.78, 5) is 12.1. The van der Waals surface area contributed by atoms with Gasteiger partial charge >= 0.3 is 0 Å². The Bertz CT molecular complexity index is 1070. The van der Waals surface area contributed by atoms with E-state index in [-0.39, 0.29) is 16.2 Å². The number of nitrogens with one attached hydrogen (secondary N) is 1. The molecule has 0 atom stereocenters. The summed E-state index contributed by atoms with van der Waals surface area (Å²) in [5.74, 6) is 0.264. The molecule has 124 valence electrons. The number of para-hydroxylation sites is 1. The number of hydrogen-bond acceptors (Lipinski definition) is 4. The van der Waals surface area contributed by atoms with Crippen LogP contribution in [0.4, 0.5) is 5.69 Å². The van der Waals surface area contributed by atoms with Crippen LogP contribution in [0.5, 0.6) is 5.75 Å². The van der Waals surface area contributed by atoms with Crippen molar-refractivity contribution in [2.75, 3.05) is 11.8 Å². The first-order valence-electron chi connectivity index (χ1n) is 7.17. The second kappa shape index (κ2) is 6.01. The van der Waals surface area contributed by atoms with E-state index >= 15 is 0 Å². The smallest absolute Gasteiger partial charge is 0.265 e. The fourth-order valence-corrected chi connectivity index (χ4v) is 3.68. The Labute approximate surface area is 139 Å². The molecule has 2 aromatic carbocycles. The first kappa shape index (κ1) is 16.1. The molecule has 1 N–H and O–H groups in total. The molecular weight excluding hydrogens is 328 g/mol. The van der Waals surface area contributed by atoms with Gasteiger partial charge in [0.2, 0.25) is 0 Å². The molecule has 0 spiro atoms. The summed E-state index contributed by atoms with van der Waals surface area (Å²) in [5, 5.41) is 1.19. The number of ether oxygens (including phenoxy) is 1. The van der Waals surface area contributed by atoms with Gasteiger partial charge in [-0.05, 0) is 41.8 Å². The minimum absolute atomic E-state index is 0.0524. The van der Waals surface area contributed by atoms with E-state index < -0.39 is 10.0 Å². The minimum atomic E-state index is -3.80. The predicted octanol–water partition coefficient (Wildman–Crippen LogP) is 2.35. The summed E-state index contributed by atoms with van der Waals surface area (Å²) < 4.78 is 34.3. The molecule has 24 heavy (non-hydrogen) atoms. The van der Waals surface area contributed by atoms with Gasteiger partial charge in [0, 0.05) is 24.3 Å². The van der Waals surface area contributed by atoms with Crippen LogP contribution >= 0.6 is 0 Å². The Morgan fingerprint density at radius 2 is 1.83 bits per heavy atom. The molecule has 0 amide bonds. The third kappa shape index (κ3) is 2.85. The number of rotatable bonds is 4. The fraction of sp³-hybridized carbons (Fsp3) is 0.118. The zero-order valence-electron chi connectivity index (χ0n) is 13.2. The highest BCUT2D eigenvalue weighted by Gasteiger charge is 2.19. The van der Waals surface area contributed by atoms with Crippen molar-refractivity contribution in [2.24, 2.45) is 7.05 Å². The van der Waals surface area contributed by atoms with Crippen LogP contribution in [0, 0.1) is 0 Å². The lowest BCUT2D eigenvalue weighted by Gasteiger charge is -2.12. The molecule has 0 bridgehead atoms. The van der Waals surface area contributed by atoms with Crippen molar-refractivity contribution in [3.63, 3.8) is 0 Å². The highest BCUT2D eigenvalue weighted by atomic mass is 32.2. The lowest BCUT2D eigenvalue weighted by Crippen LogP contribution is -2.16. The van der Waals surface area contributed by atoms with Crippen LogP contribution in [0.2, 0.25) is 0 Å². The van der Waals surface area contributed by atoms with Gasteiger partial charge in [-0.25, -0.2) is 8.42 Å². The second-order valence-corrected chi connectivity index (χ2v) is 6.94. The molecule has 0 aliphatic carbocycles. The zero-order valence-corrected chi connectivity index (χ0v) is 14.0. The highest BCUT2D eigenvalue weighted by molar-refractivity contribution is 7.92. The number of aryl methyl sites for hydroxylation is 1. The number of nitrogens with zero attached hydrogens (tertiary/aromatic N) is 1. The quantitative estimate of drug-likeness (QED) is 0.788. The third-order valence-corrected chi connectivity index (χ3v) is 5.11. The Balaban J connectivity index is 2.03. The monoisotopic (exact) mass is 344 g/mol. The predicted molar refractivity (Wildman–Crippen MR) is 93.0 cm³/mol. The van der Waals surface area contributed by atoms with E-state index in [9.17, 15) is 13.2 Å². The van der Waals surface area contributed by atoms with E-state index in [2.05, 4.69) is 4.72 Å². The van der Waals surface area contributed by atoms with Gasteiger partial charge in [-0.1, -0.05) is 12.1 Å². The molecule has 7 heteroatoms. The molecule has 3 rings (SSSR count). The second-order valence-electron chi connectivity index (χ2n) is 5.29. The Kier molecular flexibility index (Phi) is 4.02. The molecule has 0 unspecified atom stereocenters. The molecule has 1 aromatic heterocycles. The van der Waals surface area contributed by atoms with Gasteiger partial charge in [0.1, 0.15) is 10.6 Å². The molecule has 6 nitrogen and oxygen atoms in total. The Hall–Kier alpha value is -2.80. The van der Waals surface area contributed by atoms with Crippen LogP contribution in [-0.2, 0) is 17.1 Å². The van der Waals surface area contributed by atoms with Crippen molar-refractivity contribution >= 4 is 26.5 Å². The van der Waals surface area contributed by atoms with E-state index in [0.29, 0.717) is 16.5 Å². The largest absolute Gasteiger partial charge is 0.495 e. The van der Waals surface area contributed by atoms with Gasteiger partial charge in [0.15, 0.2) is 0 Å². The summed E-state index contributed by atoms with van der Waals surface area (Å²) in [5.41, 5.74) is 0.244. The van der Waals surface area contributed by atoms with Crippen molar-refractivity contribution in [1.29, 1.82) is 0 Å². The van der Waals surface area contributed by atoms with Crippen LogP contribution in [0.25, 0.3) is 10.8 Å². The first-order valence-corrected chi connectivity index (χ1v) is 8.66. The van der Waals surface area contributed by atoms with Crippen LogP contribution in [-0.4, -0.2) is 20.1 Å². The van der Waals surface area contributed by atoms with Gasteiger partial charge in [-0.15, -0.1) is 0 Å². The first-order chi connectivity index (χ1) is 11.4. The average Bonchev–Trinajstić information content (AvgIpc) is 2.58. The van der Waals surface area contributed by atoms with E-state index in [1.165, 1.54) is 17.7 Å². The van der Waals surface area contributed by atoms with Crippen molar-refractivity contribution in [2.45, 2.75) is 4.90 Å². The summed E-state index contributed by atoms with van der Waals surface area (Å²) in [6.07, 6.45) is 1.64. The van der Waals surface area contributed by atoms with Gasteiger partial charge in [-0.3, -0.25) is 9.52 Å². The van der Waals surface area contributed by atoms with Crippen LogP contribution in [0.1, 0.15) is 0 Å². The Morgan fingerprint density at radius 1 is 1.08 bits per heavy atom. The maximum atomic E-state index is 12.6. The van der Waals surface area contributed by atoms with Crippen molar-refractivity contribution in [1.82, 2.24) is 4.57 Å². The molecule has 0 saturated heterocycles. The van der Waals surface area contributed by atoms with Gasteiger partial charge in [-0.2, -0.15) is 0 Å². The number of aromatic nitrogens is 1. The molecule has 0 aliphatic rings. The SMILES string of the molecule is COc1ccccc1S(=O)(=O)Nc1ccc2c(=O)n(C)ccc2c1. The van der Waals surface area contributed by atoms with E-state index in [4.69, 9.17) is 4.74 Å². The normalized spacial score (nSPS) is 11.4. The van der Waals surface area contributed by atoms with Crippen LogP contribution < -0.4 is 15.0 Å². The lowest BCUT2D eigenvalue weighted by atomic mass is 10.1. The molecule has 1 heterocycles. The Morgan fingerprint density at radius 3 is 2.58 bits per heavy atom.